The Balaban J connectivity index is 2.12. The average Bonchev–Trinajstić information content (AvgIpc) is 2.38. The van der Waals surface area contributed by atoms with Gasteiger partial charge in [-0.3, -0.25) is 10.1 Å². The molecule has 104 valence electrons. The Hall–Kier alpha value is -1.79. The standard InChI is InChI=1S/C12H13F3N2O2/c13-12(14,15)9-5-7-16(8-6-9)10-3-1-2-4-11(10)17(18)19/h1-4,9H,5-8H2. The highest BCUT2D eigenvalue weighted by Crippen LogP contribution is 2.37. The number of nitro benzene ring substituents is 1. The second-order valence-corrected chi connectivity index (χ2v) is 4.55. The lowest BCUT2D eigenvalue weighted by Crippen LogP contribution is -2.39. The number of hydrogen-bond acceptors (Lipinski definition) is 3. The fraction of sp³-hybridized carbons (Fsp3) is 0.500. The number of anilines is 1. The van der Waals surface area contributed by atoms with Gasteiger partial charge in [0.25, 0.3) is 5.69 Å². The number of nitro groups is 1. The van der Waals surface area contributed by atoms with Crippen molar-refractivity contribution in [2.24, 2.45) is 5.92 Å². The molecule has 19 heavy (non-hydrogen) atoms. The van der Waals surface area contributed by atoms with Crippen LogP contribution >= 0.6 is 0 Å². The fourth-order valence-electron chi connectivity index (χ4n) is 2.33. The van der Waals surface area contributed by atoms with Crippen molar-refractivity contribution in [3.63, 3.8) is 0 Å². The summed E-state index contributed by atoms with van der Waals surface area (Å²) in [5, 5.41) is 10.9. The van der Waals surface area contributed by atoms with Crippen molar-refractivity contribution >= 4 is 11.4 Å². The van der Waals surface area contributed by atoms with E-state index in [1.807, 2.05) is 0 Å². The molecule has 1 aliphatic heterocycles. The summed E-state index contributed by atoms with van der Waals surface area (Å²) < 4.78 is 37.7. The van der Waals surface area contributed by atoms with Crippen molar-refractivity contribution in [1.82, 2.24) is 0 Å². The van der Waals surface area contributed by atoms with Crippen LogP contribution in [0.4, 0.5) is 24.5 Å². The van der Waals surface area contributed by atoms with Crippen LogP contribution in [-0.4, -0.2) is 24.2 Å². The molecule has 1 aromatic carbocycles. The van der Waals surface area contributed by atoms with E-state index in [1.54, 1.807) is 23.1 Å². The van der Waals surface area contributed by atoms with Gasteiger partial charge in [0.05, 0.1) is 10.8 Å². The van der Waals surface area contributed by atoms with Gasteiger partial charge < -0.3 is 4.90 Å². The van der Waals surface area contributed by atoms with Crippen LogP contribution in [-0.2, 0) is 0 Å². The molecule has 1 aromatic rings. The maximum Gasteiger partial charge on any atom is 0.391 e. The molecule has 0 saturated carbocycles. The third-order valence-electron chi connectivity index (χ3n) is 3.38. The zero-order chi connectivity index (χ0) is 14.0. The van der Waals surface area contributed by atoms with Crippen molar-refractivity contribution < 1.29 is 18.1 Å². The van der Waals surface area contributed by atoms with E-state index in [0.717, 1.165) is 0 Å². The zero-order valence-electron chi connectivity index (χ0n) is 10.1. The maximum absolute atomic E-state index is 12.6. The summed E-state index contributed by atoms with van der Waals surface area (Å²) in [7, 11) is 0. The lowest BCUT2D eigenvalue weighted by Gasteiger charge is -2.34. The number of rotatable bonds is 2. The van der Waals surface area contributed by atoms with Crippen LogP contribution in [0.2, 0.25) is 0 Å². The molecule has 0 aliphatic carbocycles. The molecular weight excluding hydrogens is 261 g/mol. The molecule has 1 fully saturated rings. The molecule has 0 atom stereocenters. The Bertz CT molecular complexity index is 468. The summed E-state index contributed by atoms with van der Waals surface area (Å²) in [6.07, 6.45) is -4.21. The minimum Gasteiger partial charge on any atom is -0.366 e. The van der Waals surface area contributed by atoms with Crippen LogP contribution in [0.3, 0.4) is 0 Å². The van der Waals surface area contributed by atoms with Crippen molar-refractivity contribution in [2.75, 3.05) is 18.0 Å². The molecule has 0 aromatic heterocycles. The summed E-state index contributed by atoms with van der Waals surface area (Å²) in [4.78, 5) is 12.0. The van der Waals surface area contributed by atoms with E-state index in [4.69, 9.17) is 0 Å². The van der Waals surface area contributed by atoms with Crippen LogP contribution in [0.1, 0.15) is 12.8 Å². The number of hydrogen-bond donors (Lipinski definition) is 0. The summed E-state index contributed by atoms with van der Waals surface area (Å²) in [6, 6.07) is 6.14. The van der Waals surface area contributed by atoms with Gasteiger partial charge in [0.2, 0.25) is 0 Å². The van der Waals surface area contributed by atoms with E-state index in [-0.39, 0.29) is 31.6 Å². The van der Waals surface area contributed by atoms with E-state index >= 15 is 0 Å². The van der Waals surface area contributed by atoms with E-state index in [1.165, 1.54) is 6.07 Å². The smallest absolute Gasteiger partial charge is 0.366 e. The maximum atomic E-state index is 12.6. The number of nitrogens with zero attached hydrogens (tertiary/aromatic N) is 2. The highest BCUT2D eigenvalue weighted by molar-refractivity contribution is 5.63. The first-order chi connectivity index (χ1) is 8.89. The molecule has 1 aliphatic rings. The lowest BCUT2D eigenvalue weighted by molar-refractivity contribution is -0.384. The number of alkyl halides is 3. The molecule has 0 amide bonds. The van der Waals surface area contributed by atoms with Gasteiger partial charge in [-0.1, -0.05) is 12.1 Å². The van der Waals surface area contributed by atoms with Gasteiger partial charge in [-0.2, -0.15) is 13.2 Å². The van der Waals surface area contributed by atoms with Crippen LogP contribution < -0.4 is 4.90 Å². The highest BCUT2D eigenvalue weighted by Gasteiger charge is 2.41. The van der Waals surface area contributed by atoms with E-state index in [2.05, 4.69) is 0 Å². The number of benzene rings is 1. The third kappa shape index (κ3) is 2.97. The molecule has 7 heteroatoms. The number of para-hydroxylation sites is 2. The average molecular weight is 274 g/mol. The van der Waals surface area contributed by atoms with Gasteiger partial charge in [0, 0.05) is 19.2 Å². The Kier molecular flexibility index (Phi) is 3.64. The van der Waals surface area contributed by atoms with Gasteiger partial charge in [0.1, 0.15) is 5.69 Å². The van der Waals surface area contributed by atoms with E-state index < -0.39 is 17.0 Å². The molecule has 2 rings (SSSR count). The third-order valence-corrected chi connectivity index (χ3v) is 3.38. The van der Waals surface area contributed by atoms with Crippen molar-refractivity contribution in [3.05, 3.63) is 34.4 Å². The molecule has 0 bridgehead atoms. The first kappa shape index (κ1) is 13.6. The molecule has 0 unspecified atom stereocenters. The summed E-state index contributed by atoms with van der Waals surface area (Å²) >= 11 is 0. The first-order valence-electron chi connectivity index (χ1n) is 5.94. The lowest BCUT2D eigenvalue weighted by atomic mass is 9.96. The monoisotopic (exact) mass is 274 g/mol. The van der Waals surface area contributed by atoms with E-state index in [0.29, 0.717) is 5.69 Å². The van der Waals surface area contributed by atoms with Crippen molar-refractivity contribution in [1.29, 1.82) is 0 Å². The largest absolute Gasteiger partial charge is 0.391 e. The Morgan fingerprint density at radius 3 is 2.32 bits per heavy atom. The predicted molar refractivity (Wildman–Crippen MR) is 64.1 cm³/mol. The van der Waals surface area contributed by atoms with Crippen LogP contribution in [0.5, 0.6) is 0 Å². The van der Waals surface area contributed by atoms with Gasteiger partial charge in [-0.05, 0) is 18.9 Å². The Morgan fingerprint density at radius 1 is 1.21 bits per heavy atom. The fourth-order valence-corrected chi connectivity index (χ4v) is 2.33. The summed E-state index contributed by atoms with van der Waals surface area (Å²) in [5.41, 5.74) is 0.334. The molecule has 0 spiro atoms. The number of halogens is 3. The highest BCUT2D eigenvalue weighted by atomic mass is 19.4. The van der Waals surface area contributed by atoms with Crippen molar-refractivity contribution in [2.45, 2.75) is 19.0 Å². The van der Waals surface area contributed by atoms with Gasteiger partial charge in [-0.25, -0.2) is 0 Å². The molecule has 4 nitrogen and oxygen atoms in total. The second kappa shape index (κ2) is 5.07. The topological polar surface area (TPSA) is 46.4 Å². The molecule has 0 N–H and O–H groups in total. The van der Waals surface area contributed by atoms with Gasteiger partial charge in [0.15, 0.2) is 0 Å². The minimum absolute atomic E-state index is 0.0183. The number of piperidine rings is 1. The Morgan fingerprint density at radius 2 is 1.79 bits per heavy atom. The SMILES string of the molecule is O=[N+]([O-])c1ccccc1N1CCC(C(F)(F)F)CC1. The van der Waals surface area contributed by atoms with Crippen molar-refractivity contribution in [3.8, 4) is 0 Å². The molecular formula is C12H13F3N2O2. The quantitative estimate of drug-likeness (QED) is 0.613. The van der Waals surface area contributed by atoms with Gasteiger partial charge >= 0.3 is 6.18 Å². The molecule has 0 radical (unpaired) electrons. The molecule has 1 heterocycles. The van der Waals surface area contributed by atoms with Crippen LogP contribution in [0.15, 0.2) is 24.3 Å². The minimum atomic E-state index is -4.17. The predicted octanol–water partition coefficient (Wildman–Crippen LogP) is 3.37. The Labute approximate surface area is 108 Å². The zero-order valence-corrected chi connectivity index (χ0v) is 10.1. The van der Waals surface area contributed by atoms with Crippen LogP contribution in [0.25, 0.3) is 0 Å². The summed E-state index contributed by atoms with van der Waals surface area (Å²) in [5.74, 6) is -1.30. The normalized spacial score (nSPS) is 17.5. The second-order valence-electron chi connectivity index (χ2n) is 4.55. The first-order valence-corrected chi connectivity index (χ1v) is 5.94. The van der Waals surface area contributed by atoms with Gasteiger partial charge in [-0.15, -0.1) is 0 Å². The summed E-state index contributed by atoms with van der Waals surface area (Å²) in [6.45, 7) is 0.379. The molecule has 1 saturated heterocycles. The van der Waals surface area contributed by atoms with E-state index in [9.17, 15) is 23.3 Å². The van der Waals surface area contributed by atoms with Crippen LogP contribution in [0, 0.1) is 16.0 Å².